The first-order chi connectivity index (χ1) is 2.50. The first-order valence-electron chi connectivity index (χ1n) is 1.73. The molecule has 3 heteroatoms. The van der Waals surface area contributed by atoms with Gasteiger partial charge in [0, 0.05) is 0 Å². The van der Waals surface area contributed by atoms with E-state index in [1.54, 1.807) is 0 Å². The van der Waals surface area contributed by atoms with Gasteiger partial charge in [-0.2, -0.15) is 0 Å². The molecule has 0 amide bonds. The van der Waals surface area contributed by atoms with E-state index in [2.05, 4.69) is 11.5 Å². The number of nitrogens with two attached hydrogens (primary N) is 1. The molecule has 36 valence electrons. The molecule has 1 aliphatic heterocycles. The lowest BCUT2D eigenvalue weighted by Gasteiger charge is -1.79. The SMILES string of the molecule is C1=CN[NH2+]C1.[Br-]. The predicted octanol–water partition coefficient (Wildman–Crippen LogP) is -4.41. The minimum Gasteiger partial charge on any atom is -1.00 e. The number of hydrogen-bond donors (Lipinski definition) is 2. The van der Waals surface area contributed by atoms with E-state index in [1.165, 1.54) is 0 Å². The maximum absolute atomic E-state index is 2.92. The lowest BCUT2D eigenvalue weighted by atomic mass is 10.7. The molecule has 0 atom stereocenters. The average Bonchev–Trinajstić information content (AvgIpc) is 1.76. The molecule has 1 rings (SSSR count). The van der Waals surface area contributed by atoms with E-state index in [4.69, 9.17) is 0 Å². The number of quaternary nitrogens is 1. The summed E-state index contributed by atoms with van der Waals surface area (Å²) in [6, 6.07) is 0. The molecule has 0 aliphatic carbocycles. The predicted molar refractivity (Wildman–Crippen MR) is 19.1 cm³/mol. The Kier molecular flexibility index (Phi) is 3.17. The summed E-state index contributed by atoms with van der Waals surface area (Å²) in [6.07, 6.45) is 4.00. The van der Waals surface area contributed by atoms with E-state index < -0.39 is 0 Å². The third-order valence-corrected chi connectivity index (χ3v) is 0.586. The molecule has 0 radical (unpaired) electrons. The van der Waals surface area contributed by atoms with Gasteiger partial charge >= 0.3 is 0 Å². The highest BCUT2D eigenvalue weighted by Gasteiger charge is 1.83. The number of hydrogen-bond acceptors (Lipinski definition) is 1. The molecule has 1 heterocycles. The molecule has 0 spiro atoms. The molecule has 0 bridgehead atoms. The Morgan fingerprint density at radius 3 is 2.67 bits per heavy atom. The van der Waals surface area contributed by atoms with Gasteiger partial charge in [-0.15, -0.1) is 0 Å². The monoisotopic (exact) mass is 150 g/mol. The smallest absolute Gasteiger partial charge is 0.118 e. The van der Waals surface area contributed by atoms with Crippen LogP contribution >= 0.6 is 0 Å². The van der Waals surface area contributed by atoms with Crippen molar-refractivity contribution in [1.29, 1.82) is 0 Å². The van der Waals surface area contributed by atoms with Crippen LogP contribution in [0.4, 0.5) is 0 Å². The molecule has 0 saturated carbocycles. The van der Waals surface area contributed by atoms with Crippen molar-refractivity contribution in [2.45, 2.75) is 0 Å². The van der Waals surface area contributed by atoms with Crippen LogP contribution in [0.5, 0.6) is 0 Å². The third kappa shape index (κ3) is 1.43. The van der Waals surface area contributed by atoms with Gasteiger partial charge in [0.2, 0.25) is 0 Å². The topological polar surface area (TPSA) is 28.6 Å². The normalized spacial score (nSPS) is 16.0. The van der Waals surface area contributed by atoms with Gasteiger partial charge < -0.3 is 17.0 Å². The first kappa shape index (κ1) is 5.98. The zero-order chi connectivity index (χ0) is 3.54. The second kappa shape index (κ2) is 3.18. The number of nitrogens with one attached hydrogen (secondary N) is 1. The molecule has 0 aromatic rings. The highest BCUT2D eigenvalue weighted by molar-refractivity contribution is 4.77. The molecule has 0 aromatic carbocycles. The van der Waals surface area contributed by atoms with Crippen molar-refractivity contribution in [1.82, 2.24) is 5.43 Å². The van der Waals surface area contributed by atoms with E-state index in [0.29, 0.717) is 0 Å². The van der Waals surface area contributed by atoms with Crippen molar-refractivity contribution in [3.63, 3.8) is 0 Å². The zero-order valence-corrected chi connectivity index (χ0v) is 4.90. The summed E-state index contributed by atoms with van der Waals surface area (Å²) in [5.41, 5.74) is 4.92. The Morgan fingerprint density at radius 2 is 2.50 bits per heavy atom. The van der Waals surface area contributed by atoms with Crippen molar-refractivity contribution in [2.75, 3.05) is 6.54 Å². The molecule has 1 aliphatic rings. The van der Waals surface area contributed by atoms with Crippen LogP contribution in [-0.2, 0) is 0 Å². The number of halogens is 1. The lowest BCUT2D eigenvalue weighted by molar-refractivity contribution is -0.686. The Balaban J connectivity index is 0.000000250. The Morgan fingerprint density at radius 1 is 1.67 bits per heavy atom. The Hall–Kier alpha value is -0.0200. The summed E-state index contributed by atoms with van der Waals surface area (Å²) < 4.78 is 0. The summed E-state index contributed by atoms with van der Waals surface area (Å²) >= 11 is 0. The fraction of sp³-hybridized carbons (Fsp3) is 0.333. The molecular formula is C3H7BrN2. The lowest BCUT2D eigenvalue weighted by Crippen LogP contribution is -3.00. The summed E-state index contributed by atoms with van der Waals surface area (Å²) in [5, 5.41) is 0. The van der Waals surface area contributed by atoms with Crippen LogP contribution in [0.3, 0.4) is 0 Å². The maximum atomic E-state index is 2.92. The fourth-order valence-electron chi connectivity index (χ4n) is 0.340. The molecule has 6 heavy (non-hydrogen) atoms. The standard InChI is InChI=1S/C3H6N2.BrH/c1-2-4-5-3-1;/h1-2,4-5H,3H2;1H. The van der Waals surface area contributed by atoms with Gasteiger partial charge in [-0.05, 0) is 6.08 Å². The van der Waals surface area contributed by atoms with Gasteiger partial charge in [0.1, 0.15) is 6.54 Å². The summed E-state index contributed by atoms with van der Waals surface area (Å²) in [7, 11) is 0. The molecular weight excluding hydrogens is 144 g/mol. The average molecular weight is 151 g/mol. The zero-order valence-electron chi connectivity index (χ0n) is 3.32. The quantitative estimate of drug-likeness (QED) is 0.336. The van der Waals surface area contributed by atoms with E-state index in [1.807, 2.05) is 11.6 Å². The second-order valence-corrected chi connectivity index (χ2v) is 1.01. The van der Waals surface area contributed by atoms with Crippen molar-refractivity contribution < 1.29 is 22.4 Å². The third-order valence-electron chi connectivity index (χ3n) is 0.586. The van der Waals surface area contributed by atoms with Gasteiger partial charge in [-0.3, -0.25) is 0 Å². The van der Waals surface area contributed by atoms with Gasteiger partial charge in [0.25, 0.3) is 0 Å². The minimum atomic E-state index is 0. The van der Waals surface area contributed by atoms with Crippen molar-refractivity contribution in [3.05, 3.63) is 12.3 Å². The van der Waals surface area contributed by atoms with Crippen LogP contribution in [-0.4, -0.2) is 6.54 Å². The van der Waals surface area contributed by atoms with Crippen LogP contribution in [0.2, 0.25) is 0 Å². The molecule has 2 nitrogen and oxygen atoms in total. The van der Waals surface area contributed by atoms with Crippen LogP contribution in [0, 0.1) is 0 Å². The Bertz CT molecular complexity index is 46.8. The first-order valence-corrected chi connectivity index (χ1v) is 1.73. The summed E-state index contributed by atoms with van der Waals surface area (Å²) in [4.78, 5) is 0. The van der Waals surface area contributed by atoms with Gasteiger partial charge in [0.05, 0.1) is 6.20 Å². The molecule has 0 unspecified atom stereocenters. The summed E-state index contributed by atoms with van der Waals surface area (Å²) in [5.74, 6) is 0. The largest absolute Gasteiger partial charge is 1.00 e. The van der Waals surface area contributed by atoms with Crippen LogP contribution in [0.1, 0.15) is 0 Å². The molecule has 0 aromatic heterocycles. The maximum Gasteiger partial charge on any atom is 0.118 e. The second-order valence-electron chi connectivity index (χ2n) is 1.01. The van der Waals surface area contributed by atoms with Gasteiger partial charge in [0.15, 0.2) is 0 Å². The highest BCUT2D eigenvalue weighted by Crippen LogP contribution is 1.57. The fourth-order valence-corrected chi connectivity index (χ4v) is 0.340. The van der Waals surface area contributed by atoms with Gasteiger partial charge in [-0.25, -0.2) is 10.9 Å². The van der Waals surface area contributed by atoms with Crippen molar-refractivity contribution in [2.24, 2.45) is 0 Å². The highest BCUT2D eigenvalue weighted by atomic mass is 79.9. The van der Waals surface area contributed by atoms with Crippen molar-refractivity contribution in [3.8, 4) is 0 Å². The van der Waals surface area contributed by atoms with Gasteiger partial charge in [-0.1, -0.05) is 0 Å². The van der Waals surface area contributed by atoms with E-state index in [9.17, 15) is 0 Å². The summed E-state index contributed by atoms with van der Waals surface area (Å²) in [6.45, 7) is 1.08. The molecule has 0 fully saturated rings. The van der Waals surface area contributed by atoms with E-state index in [-0.39, 0.29) is 17.0 Å². The van der Waals surface area contributed by atoms with Crippen LogP contribution < -0.4 is 27.8 Å². The van der Waals surface area contributed by atoms with E-state index in [0.717, 1.165) is 6.54 Å². The molecule has 0 saturated heterocycles. The van der Waals surface area contributed by atoms with Crippen LogP contribution in [0.25, 0.3) is 0 Å². The van der Waals surface area contributed by atoms with Crippen molar-refractivity contribution >= 4 is 0 Å². The molecule has 3 N–H and O–H groups in total. The van der Waals surface area contributed by atoms with E-state index >= 15 is 0 Å². The Labute approximate surface area is 47.4 Å². The number of rotatable bonds is 0. The van der Waals surface area contributed by atoms with Crippen LogP contribution in [0.15, 0.2) is 12.3 Å². The minimum absolute atomic E-state index is 0.